The maximum absolute atomic E-state index is 6.33. The molecule has 0 saturated heterocycles. The average molecular weight is 330 g/mol. The first-order valence-corrected chi connectivity index (χ1v) is 7.62. The van der Waals surface area contributed by atoms with Crippen LogP contribution in [0.3, 0.4) is 0 Å². The van der Waals surface area contributed by atoms with E-state index in [1.807, 2.05) is 6.92 Å². The first-order chi connectivity index (χ1) is 8.00. The van der Waals surface area contributed by atoms with E-state index < -0.39 is 0 Å². The minimum atomic E-state index is 0.189. The summed E-state index contributed by atoms with van der Waals surface area (Å²) < 4.78 is 0. The predicted octanol–water partition coefficient (Wildman–Crippen LogP) is 5.81. The summed E-state index contributed by atoms with van der Waals surface area (Å²) in [6.45, 7) is 6.30. The molecule has 1 atom stereocenters. The van der Waals surface area contributed by atoms with E-state index in [9.17, 15) is 0 Å². The molecule has 17 heavy (non-hydrogen) atoms. The Morgan fingerprint density at radius 2 is 1.88 bits per heavy atom. The van der Waals surface area contributed by atoms with Gasteiger partial charge in [-0.3, -0.25) is 0 Å². The topological polar surface area (TPSA) is 0 Å². The Bertz CT molecular complexity index is 545. The smallest absolute Gasteiger partial charge is 0.0755 e. The fourth-order valence-corrected chi connectivity index (χ4v) is 4.27. The molecule has 2 rings (SSSR count). The van der Waals surface area contributed by atoms with Gasteiger partial charge in [0.2, 0.25) is 0 Å². The van der Waals surface area contributed by atoms with Crippen molar-refractivity contribution in [2.45, 2.75) is 25.6 Å². The summed E-state index contributed by atoms with van der Waals surface area (Å²) in [6.07, 6.45) is 0. The summed E-state index contributed by atoms with van der Waals surface area (Å²) >= 11 is 11.8. The second-order valence-electron chi connectivity index (χ2n) is 4.32. The molecule has 0 aliphatic rings. The van der Waals surface area contributed by atoms with Gasteiger partial charge in [0.05, 0.1) is 9.85 Å². The van der Waals surface area contributed by atoms with Crippen molar-refractivity contribution in [2.24, 2.45) is 0 Å². The van der Waals surface area contributed by atoms with Gasteiger partial charge in [-0.15, -0.1) is 11.3 Å². The Labute approximate surface area is 120 Å². The van der Waals surface area contributed by atoms with Gasteiger partial charge in [-0.2, -0.15) is 0 Å². The highest BCUT2D eigenvalue weighted by Gasteiger charge is 2.18. The number of hydrogen-bond donors (Lipinski definition) is 0. The van der Waals surface area contributed by atoms with Crippen molar-refractivity contribution in [1.29, 1.82) is 0 Å². The van der Waals surface area contributed by atoms with Crippen LogP contribution in [0.2, 0.25) is 5.02 Å². The summed E-state index contributed by atoms with van der Waals surface area (Å²) in [4.78, 5) is 1.38. The van der Waals surface area contributed by atoms with Gasteiger partial charge in [0.15, 0.2) is 0 Å². The minimum absolute atomic E-state index is 0.189. The van der Waals surface area contributed by atoms with Crippen LogP contribution in [0.25, 0.3) is 0 Å². The van der Waals surface area contributed by atoms with E-state index in [-0.39, 0.29) is 4.83 Å². The molecule has 0 spiro atoms. The number of hydrogen-bond acceptors (Lipinski definition) is 1. The summed E-state index contributed by atoms with van der Waals surface area (Å²) in [5, 5.41) is 3.00. The average Bonchev–Trinajstić information content (AvgIpc) is 2.62. The first kappa shape index (κ1) is 13.1. The molecule has 3 heteroatoms. The number of rotatable bonds is 2. The van der Waals surface area contributed by atoms with E-state index >= 15 is 0 Å². The summed E-state index contributed by atoms with van der Waals surface area (Å²) in [5.41, 5.74) is 5.02. The van der Waals surface area contributed by atoms with E-state index in [4.69, 9.17) is 11.6 Å². The molecule has 0 bridgehead atoms. The summed E-state index contributed by atoms with van der Waals surface area (Å²) in [5.74, 6) is 0. The highest BCUT2D eigenvalue weighted by atomic mass is 79.9. The number of alkyl halides is 1. The lowest BCUT2D eigenvalue weighted by Gasteiger charge is -2.13. The predicted molar refractivity (Wildman–Crippen MR) is 80.8 cm³/mol. The number of thiophene rings is 1. The second-order valence-corrected chi connectivity index (χ2v) is 6.52. The van der Waals surface area contributed by atoms with Crippen molar-refractivity contribution >= 4 is 38.9 Å². The van der Waals surface area contributed by atoms with Gasteiger partial charge in [-0.05, 0) is 42.8 Å². The molecule has 1 unspecified atom stereocenters. The normalized spacial score (nSPS) is 12.8. The zero-order valence-electron chi connectivity index (χ0n) is 10.1. The van der Waals surface area contributed by atoms with Crippen LogP contribution in [0.4, 0.5) is 0 Å². The standard InChI is InChI=1S/C14H14BrClS/c1-8-4-5-9(2)11(6-8)12(15)14-13(16)10(3)7-17-14/h4-7,12H,1-3H3. The molecular formula is C14H14BrClS. The van der Waals surface area contributed by atoms with Gasteiger partial charge in [-0.1, -0.05) is 51.3 Å². The van der Waals surface area contributed by atoms with E-state index in [0.717, 1.165) is 10.6 Å². The van der Waals surface area contributed by atoms with Gasteiger partial charge in [0.25, 0.3) is 0 Å². The Morgan fingerprint density at radius 1 is 1.18 bits per heavy atom. The molecule has 0 radical (unpaired) electrons. The highest BCUT2D eigenvalue weighted by molar-refractivity contribution is 9.09. The van der Waals surface area contributed by atoms with Gasteiger partial charge in [-0.25, -0.2) is 0 Å². The van der Waals surface area contributed by atoms with Crippen LogP contribution in [0.1, 0.15) is 32.0 Å². The third-order valence-corrected chi connectivity index (χ3v) is 5.90. The van der Waals surface area contributed by atoms with Crippen LogP contribution >= 0.6 is 38.9 Å². The minimum Gasteiger partial charge on any atom is -0.145 e. The van der Waals surface area contributed by atoms with Gasteiger partial charge in [0.1, 0.15) is 0 Å². The van der Waals surface area contributed by atoms with Gasteiger partial charge in [0, 0.05) is 4.88 Å². The zero-order chi connectivity index (χ0) is 12.6. The quantitative estimate of drug-likeness (QED) is 0.610. The Kier molecular flexibility index (Phi) is 3.96. The molecule has 0 aliphatic carbocycles. The third-order valence-electron chi connectivity index (χ3n) is 2.86. The van der Waals surface area contributed by atoms with Crippen molar-refractivity contribution < 1.29 is 0 Å². The largest absolute Gasteiger partial charge is 0.145 e. The van der Waals surface area contributed by atoms with E-state index in [1.165, 1.54) is 21.6 Å². The lowest BCUT2D eigenvalue weighted by Crippen LogP contribution is -1.95. The SMILES string of the molecule is Cc1ccc(C)c(C(Br)c2scc(C)c2Cl)c1. The number of halogens is 2. The molecule has 0 amide bonds. The first-order valence-electron chi connectivity index (χ1n) is 5.45. The Hall–Kier alpha value is -0.310. The molecule has 1 heterocycles. The van der Waals surface area contributed by atoms with Crippen molar-refractivity contribution in [3.63, 3.8) is 0 Å². The highest BCUT2D eigenvalue weighted by Crippen LogP contribution is 2.41. The van der Waals surface area contributed by atoms with Crippen LogP contribution in [0, 0.1) is 20.8 Å². The summed E-state index contributed by atoms with van der Waals surface area (Å²) in [6, 6.07) is 6.52. The van der Waals surface area contributed by atoms with Crippen LogP contribution in [-0.2, 0) is 0 Å². The van der Waals surface area contributed by atoms with Crippen molar-refractivity contribution in [3.05, 3.63) is 55.7 Å². The molecule has 0 aliphatic heterocycles. The van der Waals surface area contributed by atoms with E-state index in [2.05, 4.69) is 53.4 Å². The van der Waals surface area contributed by atoms with Gasteiger partial charge >= 0.3 is 0 Å². The molecule has 1 aromatic heterocycles. The van der Waals surface area contributed by atoms with Crippen LogP contribution in [0.5, 0.6) is 0 Å². The lowest BCUT2D eigenvalue weighted by molar-refractivity contribution is 1.16. The second kappa shape index (κ2) is 5.13. The molecule has 0 saturated carbocycles. The van der Waals surface area contributed by atoms with Gasteiger partial charge < -0.3 is 0 Å². The Balaban J connectivity index is 2.47. The molecule has 0 nitrogen and oxygen atoms in total. The zero-order valence-corrected chi connectivity index (χ0v) is 13.2. The van der Waals surface area contributed by atoms with Crippen LogP contribution in [0.15, 0.2) is 23.6 Å². The fraction of sp³-hybridized carbons (Fsp3) is 0.286. The third kappa shape index (κ3) is 2.59. The molecule has 0 N–H and O–H groups in total. The maximum atomic E-state index is 6.33. The van der Waals surface area contributed by atoms with Crippen LogP contribution < -0.4 is 0 Å². The number of benzene rings is 1. The van der Waals surface area contributed by atoms with Crippen molar-refractivity contribution in [1.82, 2.24) is 0 Å². The van der Waals surface area contributed by atoms with Crippen molar-refractivity contribution in [3.8, 4) is 0 Å². The lowest BCUT2D eigenvalue weighted by atomic mass is 10.0. The molecular weight excluding hydrogens is 316 g/mol. The van der Waals surface area contributed by atoms with Crippen LogP contribution in [-0.4, -0.2) is 0 Å². The molecule has 90 valence electrons. The maximum Gasteiger partial charge on any atom is 0.0755 e. The van der Waals surface area contributed by atoms with E-state index in [0.29, 0.717) is 0 Å². The molecule has 1 aromatic carbocycles. The Morgan fingerprint density at radius 3 is 2.47 bits per heavy atom. The molecule has 0 fully saturated rings. The van der Waals surface area contributed by atoms with Crippen molar-refractivity contribution in [2.75, 3.05) is 0 Å². The summed E-state index contributed by atoms with van der Waals surface area (Å²) in [7, 11) is 0. The van der Waals surface area contributed by atoms with E-state index in [1.54, 1.807) is 11.3 Å². The fourth-order valence-electron chi connectivity index (χ4n) is 1.79. The number of aryl methyl sites for hydroxylation is 3. The molecule has 2 aromatic rings. The monoisotopic (exact) mass is 328 g/mol.